The molecule has 3 N–H and O–H groups in total. The summed E-state index contributed by atoms with van der Waals surface area (Å²) in [7, 11) is 0. The van der Waals surface area contributed by atoms with Crippen molar-refractivity contribution in [2.45, 2.75) is 46.8 Å². The van der Waals surface area contributed by atoms with Gasteiger partial charge < -0.3 is 15.6 Å². The molecular weight excluding hydrogens is 274 g/mol. The summed E-state index contributed by atoms with van der Waals surface area (Å²) in [4.78, 5) is 12.5. The summed E-state index contributed by atoms with van der Waals surface area (Å²) in [6.07, 6.45) is 0.938. The Bertz CT molecular complexity index is 641. The molecule has 2 aromatic rings. The Morgan fingerprint density at radius 1 is 1.18 bits per heavy atom. The molecule has 0 radical (unpaired) electrons. The van der Waals surface area contributed by atoms with E-state index in [1.807, 2.05) is 30.3 Å². The molecule has 0 aliphatic heterocycles. The third-order valence-electron chi connectivity index (χ3n) is 4.02. The molecule has 0 atom stereocenters. The van der Waals surface area contributed by atoms with Gasteiger partial charge in [-0.25, -0.2) is 0 Å². The van der Waals surface area contributed by atoms with Crippen LogP contribution in [0.3, 0.4) is 0 Å². The maximum atomic E-state index is 12.5. The highest BCUT2D eigenvalue weighted by Gasteiger charge is 2.15. The van der Waals surface area contributed by atoms with Gasteiger partial charge in [-0.2, -0.15) is 0 Å². The van der Waals surface area contributed by atoms with E-state index in [-0.39, 0.29) is 5.91 Å². The first-order chi connectivity index (χ1) is 10.6. The number of nitrogens with two attached hydrogens (primary N) is 1. The van der Waals surface area contributed by atoms with Gasteiger partial charge in [0.2, 0.25) is 0 Å². The highest BCUT2D eigenvalue weighted by molar-refractivity contribution is 5.93. The molecule has 2 rings (SSSR count). The van der Waals surface area contributed by atoms with Gasteiger partial charge in [0, 0.05) is 25.3 Å². The van der Waals surface area contributed by atoms with E-state index >= 15 is 0 Å². The second-order valence-corrected chi connectivity index (χ2v) is 5.46. The third-order valence-corrected chi connectivity index (χ3v) is 4.02. The average Bonchev–Trinajstić information content (AvgIpc) is 2.88. The lowest BCUT2D eigenvalue weighted by molar-refractivity contribution is 0.0941. The molecule has 0 aliphatic carbocycles. The number of rotatable bonds is 6. The van der Waals surface area contributed by atoms with Crippen molar-refractivity contribution in [1.29, 1.82) is 0 Å². The molecule has 0 aliphatic rings. The van der Waals surface area contributed by atoms with E-state index in [1.165, 1.54) is 11.3 Å². The molecule has 1 aromatic carbocycles. The van der Waals surface area contributed by atoms with E-state index in [9.17, 15) is 4.79 Å². The van der Waals surface area contributed by atoms with Gasteiger partial charge >= 0.3 is 0 Å². The first kappa shape index (κ1) is 16.3. The van der Waals surface area contributed by atoms with Crippen LogP contribution in [0.5, 0.6) is 0 Å². The Morgan fingerprint density at radius 3 is 2.36 bits per heavy atom. The van der Waals surface area contributed by atoms with Crippen LogP contribution in [-0.4, -0.2) is 10.5 Å². The number of benzene rings is 1. The molecule has 1 heterocycles. The standard InChI is InChI=1S/C18H25N3O/c1-4-16-13(3)10-17(21(16)5-2)18(22)20-12-15-8-6-14(11-19)7-9-15/h6-10H,4-5,11-12,19H2,1-3H3,(H,20,22). The van der Waals surface area contributed by atoms with Crippen molar-refractivity contribution in [1.82, 2.24) is 9.88 Å². The van der Waals surface area contributed by atoms with Crippen LogP contribution < -0.4 is 11.1 Å². The fraction of sp³-hybridized carbons (Fsp3) is 0.389. The molecule has 4 heteroatoms. The van der Waals surface area contributed by atoms with E-state index in [1.54, 1.807) is 0 Å². The van der Waals surface area contributed by atoms with Crippen molar-refractivity contribution < 1.29 is 4.79 Å². The van der Waals surface area contributed by atoms with Crippen LogP contribution in [-0.2, 0) is 26.1 Å². The summed E-state index contributed by atoms with van der Waals surface area (Å²) in [5, 5.41) is 3.00. The first-order valence-electron chi connectivity index (χ1n) is 7.85. The molecule has 118 valence electrons. The van der Waals surface area contributed by atoms with Gasteiger partial charge in [-0.15, -0.1) is 0 Å². The largest absolute Gasteiger partial charge is 0.347 e. The predicted octanol–water partition coefficient (Wildman–Crippen LogP) is 2.77. The average molecular weight is 299 g/mol. The van der Waals surface area contributed by atoms with Crippen molar-refractivity contribution in [2.75, 3.05) is 0 Å². The van der Waals surface area contributed by atoms with Gasteiger partial charge in [-0.1, -0.05) is 31.2 Å². The van der Waals surface area contributed by atoms with Gasteiger partial charge in [0.15, 0.2) is 0 Å². The van der Waals surface area contributed by atoms with Crippen LogP contribution in [0.4, 0.5) is 0 Å². The first-order valence-corrected chi connectivity index (χ1v) is 7.85. The Labute approximate surface area is 132 Å². The van der Waals surface area contributed by atoms with Gasteiger partial charge in [0.05, 0.1) is 0 Å². The summed E-state index contributed by atoms with van der Waals surface area (Å²) in [6.45, 7) is 8.13. The number of hydrogen-bond donors (Lipinski definition) is 2. The minimum Gasteiger partial charge on any atom is -0.347 e. The summed E-state index contributed by atoms with van der Waals surface area (Å²) in [6, 6.07) is 9.98. The van der Waals surface area contributed by atoms with E-state index < -0.39 is 0 Å². The van der Waals surface area contributed by atoms with E-state index in [2.05, 4.69) is 30.7 Å². The molecule has 4 nitrogen and oxygen atoms in total. The van der Waals surface area contributed by atoms with E-state index in [0.29, 0.717) is 13.1 Å². The molecule has 1 aromatic heterocycles. The number of nitrogens with zero attached hydrogens (tertiary/aromatic N) is 1. The lowest BCUT2D eigenvalue weighted by atomic mass is 10.1. The van der Waals surface area contributed by atoms with Crippen molar-refractivity contribution >= 4 is 5.91 Å². The van der Waals surface area contributed by atoms with Crippen molar-refractivity contribution in [2.24, 2.45) is 5.73 Å². The molecule has 0 saturated carbocycles. The molecule has 22 heavy (non-hydrogen) atoms. The van der Waals surface area contributed by atoms with Crippen LogP contribution in [0.2, 0.25) is 0 Å². The molecule has 0 saturated heterocycles. The minimum atomic E-state index is -0.0208. The summed E-state index contributed by atoms with van der Waals surface area (Å²) >= 11 is 0. The Hall–Kier alpha value is -2.07. The van der Waals surface area contributed by atoms with Crippen LogP contribution in [0.15, 0.2) is 30.3 Å². The fourth-order valence-electron chi connectivity index (χ4n) is 2.81. The SMILES string of the molecule is CCc1c(C)cc(C(=O)NCc2ccc(CN)cc2)n1CC. The highest BCUT2D eigenvalue weighted by Crippen LogP contribution is 2.16. The van der Waals surface area contributed by atoms with Gasteiger partial charge in [0.1, 0.15) is 5.69 Å². The number of carbonyl (C=O) groups excluding carboxylic acids is 1. The fourth-order valence-corrected chi connectivity index (χ4v) is 2.81. The topological polar surface area (TPSA) is 60.1 Å². The molecule has 0 unspecified atom stereocenters. The number of nitrogens with one attached hydrogen (secondary N) is 1. The monoisotopic (exact) mass is 299 g/mol. The summed E-state index contributed by atoms with van der Waals surface area (Å²) in [5.74, 6) is -0.0208. The number of aromatic nitrogens is 1. The molecule has 1 amide bonds. The Morgan fingerprint density at radius 2 is 1.82 bits per heavy atom. The molecular formula is C18H25N3O. The normalized spacial score (nSPS) is 10.7. The molecule has 0 bridgehead atoms. The lowest BCUT2D eigenvalue weighted by Crippen LogP contribution is -2.25. The van der Waals surface area contributed by atoms with Crippen molar-refractivity contribution in [3.63, 3.8) is 0 Å². The second-order valence-electron chi connectivity index (χ2n) is 5.46. The maximum Gasteiger partial charge on any atom is 0.268 e. The van der Waals surface area contributed by atoms with E-state index in [4.69, 9.17) is 5.73 Å². The maximum absolute atomic E-state index is 12.5. The quantitative estimate of drug-likeness (QED) is 0.861. The van der Waals surface area contributed by atoms with Gasteiger partial charge in [0.25, 0.3) is 5.91 Å². The van der Waals surface area contributed by atoms with Crippen LogP contribution in [0, 0.1) is 6.92 Å². The van der Waals surface area contributed by atoms with Gasteiger partial charge in [-0.05, 0) is 43.0 Å². The number of amides is 1. The van der Waals surface area contributed by atoms with E-state index in [0.717, 1.165) is 29.8 Å². The molecule has 0 spiro atoms. The third kappa shape index (κ3) is 3.39. The smallest absolute Gasteiger partial charge is 0.268 e. The highest BCUT2D eigenvalue weighted by atomic mass is 16.1. The molecule has 0 fully saturated rings. The van der Waals surface area contributed by atoms with Crippen molar-refractivity contribution in [3.05, 3.63) is 58.4 Å². The zero-order valence-corrected chi connectivity index (χ0v) is 13.6. The van der Waals surface area contributed by atoms with Gasteiger partial charge in [-0.3, -0.25) is 4.79 Å². The zero-order valence-electron chi connectivity index (χ0n) is 13.6. The van der Waals surface area contributed by atoms with Crippen LogP contribution in [0.1, 0.15) is 46.7 Å². The zero-order chi connectivity index (χ0) is 16.1. The second kappa shape index (κ2) is 7.27. The Kier molecular flexibility index (Phi) is 5.39. The lowest BCUT2D eigenvalue weighted by Gasteiger charge is -2.11. The van der Waals surface area contributed by atoms with Crippen molar-refractivity contribution in [3.8, 4) is 0 Å². The number of aryl methyl sites for hydroxylation is 1. The van der Waals surface area contributed by atoms with Crippen LogP contribution in [0.25, 0.3) is 0 Å². The Balaban J connectivity index is 2.08. The minimum absolute atomic E-state index is 0.0208. The summed E-state index contributed by atoms with van der Waals surface area (Å²) < 4.78 is 2.10. The predicted molar refractivity (Wildman–Crippen MR) is 89.7 cm³/mol. The van der Waals surface area contributed by atoms with Crippen LogP contribution >= 0.6 is 0 Å². The number of carbonyl (C=O) groups is 1. The number of hydrogen-bond acceptors (Lipinski definition) is 2. The summed E-state index contributed by atoms with van der Waals surface area (Å²) in [5.41, 5.74) is 10.9.